The molecule has 0 saturated carbocycles. The van der Waals surface area contributed by atoms with Crippen LogP contribution in [0, 0.1) is 6.92 Å². The summed E-state index contributed by atoms with van der Waals surface area (Å²) in [6.07, 6.45) is 7.60. The number of aryl methyl sites for hydroxylation is 1. The summed E-state index contributed by atoms with van der Waals surface area (Å²) in [7, 11) is 0. The average molecular weight is 277 g/mol. The van der Waals surface area contributed by atoms with E-state index in [-0.39, 0.29) is 5.92 Å². The second kappa shape index (κ2) is 4.41. The van der Waals surface area contributed by atoms with E-state index in [9.17, 15) is 0 Å². The molecular weight excluding hydrogens is 262 g/mol. The highest BCUT2D eigenvalue weighted by Crippen LogP contribution is 2.25. The number of nitrogens with zero attached hydrogens (tertiary/aromatic N) is 4. The van der Waals surface area contributed by atoms with E-state index < -0.39 is 0 Å². The summed E-state index contributed by atoms with van der Waals surface area (Å²) in [5.41, 5.74) is 4.27. The molecule has 0 bridgehead atoms. The molecule has 0 aliphatic heterocycles. The molecule has 5 heteroatoms. The topological polar surface area (TPSA) is 58.9 Å². The quantitative estimate of drug-likeness (QED) is 0.612. The molecule has 0 aliphatic rings. The third-order valence-electron chi connectivity index (χ3n) is 3.97. The van der Waals surface area contributed by atoms with Crippen molar-refractivity contribution in [1.82, 2.24) is 24.3 Å². The number of aromatic nitrogens is 5. The van der Waals surface area contributed by atoms with Crippen LogP contribution in [0.1, 0.15) is 29.8 Å². The molecule has 4 aromatic heterocycles. The molecule has 0 fully saturated rings. The van der Waals surface area contributed by atoms with Crippen LogP contribution in [0.15, 0.2) is 43.0 Å². The predicted molar refractivity (Wildman–Crippen MR) is 81.3 cm³/mol. The summed E-state index contributed by atoms with van der Waals surface area (Å²) >= 11 is 0. The van der Waals surface area contributed by atoms with Crippen LogP contribution in [0.25, 0.3) is 16.8 Å². The number of hydrogen-bond donors (Lipinski definition) is 1. The highest BCUT2D eigenvalue weighted by Gasteiger charge is 2.16. The summed E-state index contributed by atoms with van der Waals surface area (Å²) in [4.78, 5) is 16.6. The maximum Gasteiger partial charge on any atom is 0.233 e. The number of hydrogen-bond acceptors (Lipinski definition) is 3. The van der Waals surface area contributed by atoms with Gasteiger partial charge in [0.05, 0.1) is 17.6 Å². The van der Waals surface area contributed by atoms with Crippen molar-refractivity contribution in [1.29, 1.82) is 0 Å². The zero-order valence-electron chi connectivity index (χ0n) is 11.9. The Morgan fingerprint density at radius 1 is 1.24 bits per heavy atom. The van der Waals surface area contributed by atoms with Crippen LogP contribution in [-0.2, 0) is 0 Å². The molecule has 104 valence electrons. The van der Waals surface area contributed by atoms with Crippen LogP contribution >= 0.6 is 0 Å². The second-order valence-electron chi connectivity index (χ2n) is 5.30. The summed E-state index contributed by atoms with van der Waals surface area (Å²) < 4.78 is 2.01. The zero-order chi connectivity index (χ0) is 14.4. The molecule has 0 aliphatic carbocycles. The number of nitrogens with one attached hydrogen (secondary N) is 1. The van der Waals surface area contributed by atoms with Gasteiger partial charge in [-0.05, 0) is 30.7 Å². The Hall–Kier alpha value is -2.69. The Labute approximate surface area is 121 Å². The van der Waals surface area contributed by atoms with Crippen molar-refractivity contribution in [3.05, 3.63) is 59.9 Å². The lowest BCUT2D eigenvalue weighted by Crippen LogP contribution is -2.03. The minimum absolute atomic E-state index is 0.150. The SMILES string of the molecule is Cc1c[nH]c2nc([C@H](C)c3cnc4ncccn34)ccc12. The van der Waals surface area contributed by atoms with E-state index in [1.54, 1.807) is 6.20 Å². The Morgan fingerprint density at radius 2 is 2.14 bits per heavy atom. The normalized spacial score (nSPS) is 13.0. The third kappa shape index (κ3) is 1.81. The van der Waals surface area contributed by atoms with Gasteiger partial charge in [0.1, 0.15) is 5.65 Å². The summed E-state index contributed by atoms with van der Waals surface area (Å²) in [6.45, 7) is 4.22. The summed E-state index contributed by atoms with van der Waals surface area (Å²) in [5.74, 6) is 0.869. The van der Waals surface area contributed by atoms with Gasteiger partial charge >= 0.3 is 0 Å². The Kier molecular flexibility index (Phi) is 2.54. The molecule has 0 radical (unpaired) electrons. The molecular formula is C16H15N5. The maximum atomic E-state index is 4.74. The van der Waals surface area contributed by atoms with Gasteiger partial charge in [-0.1, -0.05) is 6.92 Å². The average Bonchev–Trinajstić information content (AvgIpc) is 3.10. The zero-order valence-corrected chi connectivity index (χ0v) is 11.9. The highest BCUT2D eigenvalue weighted by molar-refractivity contribution is 5.79. The van der Waals surface area contributed by atoms with Gasteiger partial charge < -0.3 is 4.98 Å². The van der Waals surface area contributed by atoms with Gasteiger partial charge in [-0.15, -0.1) is 0 Å². The number of rotatable bonds is 2. The van der Waals surface area contributed by atoms with E-state index in [2.05, 4.69) is 40.9 Å². The van der Waals surface area contributed by atoms with Gasteiger partial charge in [0.15, 0.2) is 0 Å². The standard InChI is InChI=1S/C16H15N5/c1-10-8-18-15-12(10)4-5-13(20-15)11(2)14-9-19-16-17-6-3-7-21(14)16/h3-9,11H,1-2H3,(H,18,20)/t11-/m0/s1. The number of imidazole rings is 1. The monoisotopic (exact) mass is 277 g/mol. The maximum absolute atomic E-state index is 4.74. The Morgan fingerprint density at radius 3 is 3.05 bits per heavy atom. The summed E-state index contributed by atoms with van der Waals surface area (Å²) in [6, 6.07) is 6.13. The first-order valence-electron chi connectivity index (χ1n) is 6.96. The molecule has 0 amide bonds. The summed E-state index contributed by atoms with van der Waals surface area (Å²) in [5, 5.41) is 1.17. The molecule has 5 nitrogen and oxygen atoms in total. The lowest BCUT2D eigenvalue weighted by atomic mass is 10.0. The molecule has 21 heavy (non-hydrogen) atoms. The van der Waals surface area contributed by atoms with Crippen LogP contribution in [-0.4, -0.2) is 24.3 Å². The fraction of sp³-hybridized carbons (Fsp3) is 0.188. The van der Waals surface area contributed by atoms with Gasteiger partial charge in [-0.2, -0.15) is 0 Å². The van der Waals surface area contributed by atoms with Gasteiger partial charge in [0, 0.05) is 29.9 Å². The largest absolute Gasteiger partial charge is 0.346 e. The number of pyridine rings is 1. The van der Waals surface area contributed by atoms with Crippen molar-refractivity contribution < 1.29 is 0 Å². The lowest BCUT2D eigenvalue weighted by Gasteiger charge is -2.10. The molecule has 0 saturated heterocycles. The first-order chi connectivity index (χ1) is 10.2. The van der Waals surface area contributed by atoms with Crippen molar-refractivity contribution in [2.45, 2.75) is 19.8 Å². The number of aromatic amines is 1. The van der Waals surface area contributed by atoms with Crippen molar-refractivity contribution in [2.24, 2.45) is 0 Å². The van der Waals surface area contributed by atoms with E-state index in [4.69, 9.17) is 4.98 Å². The fourth-order valence-corrected chi connectivity index (χ4v) is 2.72. The van der Waals surface area contributed by atoms with Gasteiger partial charge in [-0.25, -0.2) is 15.0 Å². The second-order valence-corrected chi connectivity index (χ2v) is 5.30. The van der Waals surface area contributed by atoms with Crippen LogP contribution in [0.3, 0.4) is 0 Å². The smallest absolute Gasteiger partial charge is 0.233 e. The first kappa shape index (κ1) is 12.1. The molecule has 4 rings (SSSR count). The molecule has 4 heterocycles. The van der Waals surface area contributed by atoms with Crippen LogP contribution in [0.4, 0.5) is 0 Å². The molecule has 4 aromatic rings. The Balaban J connectivity index is 1.83. The van der Waals surface area contributed by atoms with Crippen molar-refractivity contribution >= 4 is 16.8 Å². The van der Waals surface area contributed by atoms with Crippen LogP contribution in [0.2, 0.25) is 0 Å². The van der Waals surface area contributed by atoms with Gasteiger partial charge in [-0.3, -0.25) is 4.40 Å². The molecule has 0 spiro atoms. The third-order valence-corrected chi connectivity index (χ3v) is 3.97. The molecule has 0 aromatic carbocycles. The molecule has 0 unspecified atom stereocenters. The van der Waals surface area contributed by atoms with E-state index in [1.165, 1.54) is 10.9 Å². The lowest BCUT2D eigenvalue weighted by molar-refractivity contribution is 0.820. The highest BCUT2D eigenvalue weighted by atomic mass is 15.1. The number of H-pyrrole nitrogens is 1. The van der Waals surface area contributed by atoms with Crippen molar-refractivity contribution in [3.8, 4) is 0 Å². The minimum Gasteiger partial charge on any atom is -0.346 e. The molecule has 1 atom stereocenters. The Bertz CT molecular complexity index is 934. The van der Waals surface area contributed by atoms with Crippen LogP contribution in [0.5, 0.6) is 0 Å². The first-order valence-corrected chi connectivity index (χ1v) is 6.96. The minimum atomic E-state index is 0.150. The predicted octanol–water partition coefficient (Wildman–Crippen LogP) is 3.07. The fourth-order valence-electron chi connectivity index (χ4n) is 2.72. The van der Waals surface area contributed by atoms with Crippen LogP contribution < -0.4 is 0 Å². The van der Waals surface area contributed by atoms with E-state index >= 15 is 0 Å². The van der Waals surface area contributed by atoms with E-state index in [0.29, 0.717) is 0 Å². The van der Waals surface area contributed by atoms with E-state index in [1.807, 2.05) is 29.1 Å². The van der Waals surface area contributed by atoms with Gasteiger partial charge in [0.2, 0.25) is 5.78 Å². The van der Waals surface area contributed by atoms with Crippen molar-refractivity contribution in [2.75, 3.05) is 0 Å². The number of fused-ring (bicyclic) bond motifs is 2. The molecule has 1 N–H and O–H groups in total. The van der Waals surface area contributed by atoms with E-state index in [0.717, 1.165) is 22.8 Å². The van der Waals surface area contributed by atoms with Gasteiger partial charge in [0.25, 0.3) is 0 Å². The van der Waals surface area contributed by atoms with Crippen molar-refractivity contribution in [3.63, 3.8) is 0 Å².